The molecule has 1 rings (SSSR count). The molecular weight excluding hydrogens is 164 g/mol. The van der Waals surface area contributed by atoms with Crippen LogP contribution in [0.1, 0.15) is 0 Å². The van der Waals surface area contributed by atoms with Gasteiger partial charge in [-0.3, -0.25) is 9.59 Å². The third-order valence-corrected chi connectivity index (χ3v) is 1.77. The number of primary amides is 1. The molecule has 58 valence electrons. The van der Waals surface area contributed by atoms with Gasteiger partial charge in [0.2, 0.25) is 0 Å². The molecule has 0 atom stereocenters. The molecule has 0 aliphatic heterocycles. The zero-order valence-electron chi connectivity index (χ0n) is 5.53. The number of hydrogen-bond acceptors (Lipinski definition) is 3. The molecule has 2 amide bonds. The van der Waals surface area contributed by atoms with Crippen LogP contribution in [0.15, 0.2) is 17.5 Å². The van der Waals surface area contributed by atoms with Crippen molar-refractivity contribution in [2.24, 2.45) is 5.73 Å². The molecule has 11 heavy (non-hydrogen) atoms. The van der Waals surface area contributed by atoms with E-state index in [9.17, 15) is 9.59 Å². The van der Waals surface area contributed by atoms with Crippen molar-refractivity contribution < 1.29 is 9.59 Å². The summed E-state index contributed by atoms with van der Waals surface area (Å²) in [7, 11) is 0. The van der Waals surface area contributed by atoms with Crippen LogP contribution in [0.4, 0.5) is 5.00 Å². The van der Waals surface area contributed by atoms with Crippen molar-refractivity contribution in [3.8, 4) is 0 Å². The van der Waals surface area contributed by atoms with Crippen molar-refractivity contribution in [3.63, 3.8) is 0 Å². The highest BCUT2D eigenvalue weighted by Gasteiger charge is 2.07. The minimum absolute atomic E-state index is 0.619. The molecule has 0 saturated carbocycles. The highest BCUT2D eigenvalue weighted by molar-refractivity contribution is 7.14. The minimum Gasteiger partial charge on any atom is -0.361 e. The van der Waals surface area contributed by atoms with Crippen LogP contribution in [-0.4, -0.2) is 11.8 Å². The van der Waals surface area contributed by atoms with E-state index in [0.29, 0.717) is 5.00 Å². The number of hydrogen-bond donors (Lipinski definition) is 2. The standard InChI is InChI=1S/C6H6N2O2S/c7-5(9)6(10)8-4-2-1-3-11-4/h1-3H,(H2,7,9)(H,8,10). The summed E-state index contributed by atoms with van der Waals surface area (Å²) in [5.41, 5.74) is 4.71. The SMILES string of the molecule is NC(=O)C(=O)Nc1cccs1. The van der Waals surface area contributed by atoms with Gasteiger partial charge in [-0.15, -0.1) is 11.3 Å². The van der Waals surface area contributed by atoms with Crippen molar-refractivity contribution in [1.82, 2.24) is 0 Å². The Kier molecular flexibility index (Phi) is 2.22. The fourth-order valence-electron chi connectivity index (χ4n) is 0.523. The van der Waals surface area contributed by atoms with Gasteiger partial charge in [-0.05, 0) is 17.5 Å². The molecule has 5 heteroatoms. The first kappa shape index (κ1) is 7.74. The van der Waals surface area contributed by atoms with Crippen molar-refractivity contribution in [2.75, 3.05) is 5.32 Å². The van der Waals surface area contributed by atoms with Crippen molar-refractivity contribution in [1.29, 1.82) is 0 Å². The van der Waals surface area contributed by atoms with Crippen LogP contribution in [-0.2, 0) is 9.59 Å². The third-order valence-electron chi connectivity index (χ3n) is 0.982. The smallest absolute Gasteiger partial charge is 0.314 e. The second-order valence-corrected chi connectivity index (χ2v) is 2.74. The van der Waals surface area contributed by atoms with Crippen LogP contribution < -0.4 is 11.1 Å². The Morgan fingerprint density at radius 2 is 2.27 bits per heavy atom. The quantitative estimate of drug-likeness (QED) is 0.590. The molecule has 0 bridgehead atoms. The summed E-state index contributed by atoms with van der Waals surface area (Å²) in [5.74, 6) is -1.76. The molecule has 1 heterocycles. The summed E-state index contributed by atoms with van der Waals surface area (Å²) in [4.78, 5) is 20.9. The molecule has 0 aliphatic rings. The summed E-state index contributed by atoms with van der Waals surface area (Å²) >= 11 is 1.33. The number of rotatable bonds is 1. The van der Waals surface area contributed by atoms with Gasteiger partial charge in [-0.25, -0.2) is 0 Å². The van der Waals surface area contributed by atoms with E-state index < -0.39 is 11.8 Å². The predicted molar refractivity (Wildman–Crippen MR) is 42.1 cm³/mol. The maximum Gasteiger partial charge on any atom is 0.314 e. The zero-order valence-corrected chi connectivity index (χ0v) is 6.35. The fourth-order valence-corrected chi connectivity index (χ4v) is 1.14. The van der Waals surface area contributed by atoms with Gasteiger partial charge in [0, 0.05) is 0 Å². The summed E-state index contributed by atoms with van der Waals surface area (Å²) in [6, 6.07) is 3.45. The third kappa shape index (κ3) is 2.05. The molecule has 0 aromatic carbocycles. The lowest BCUT2D eigenvalue weighted by molar-refractivity contribution is -0.134. The van der Waals surface area contributed by atoms with Crippen LogP contribution in [0.25, 0.3) is 0 Å². The van der Waals surface area contributed by atoms with Gasteiger partial charge in [-0.1, -0.05) is 0 Å². The van der Waals surface area contributed by atoms with Gasteiger partial charge in [-0.2, -0.15) is 0 Å². The monoisotopic (exact) mass is 170 g/mol. The largest absolute Gasteiger partial charge is 0.361 e. The highest BCUT2D eigenvalue weighted by Crippen LogP contribution is 2.14. The van der Waals surface area contributed by atoms with Crippen molar-refractivity contribution in [3.05, 3.63) is 17.5 Å². The normalized spacial score (nSPS) is 9.09. The van der Waals surface area contributed by atoms with Crippen LogP contribution >= 0.6 is 11.3 Å². The predicted octanol–water partition coefficient (Wildman–Crippen LogP) is 0.172. The Bertz CT molecular complexity index is 268. The van der Waals surface area contributed by atoms with Crippen LogP contribution in [0.2, 0.25) is 0 Å². The summed E-state index contributed by atoms with van der Waals surface area (Å²) in [5, 5.41) is 4.73. The molecule has 0 aliphatic carbocycles. The maximum atomic E-state index is 10.6. The number of amides is 2. The molecule has 0 unspecified atom stereocenters. The summed E-state index contributed by atoms with van der Waals surface area (Å²) < 4.78 is 0. The first-order valence-electron chi connectivity index (χ1n) is 2.84. The van der Waals surface area contributed by atoms with E-state index in [2.05, 4.69) is 5.32 Å². The lowest BCUT2D eigenvalue weighted by Gasteiger charge is -1.95. The Hall–Kier alpha value is -1.36. The fraction of sp³-hybridized carbons (Fsp3) is 0. The van der Waals surface area contributed by atoms with Crippen molar-refractivity contribution >= 4 is 28.2 Å². The molecule has 1 aromatic rings. The first-order valence-corrected chi connectivity index (χ1v) is 3.72. The topological polar surface area (TPSA) is 72.2 Å². The number of carbonyl (C=O) groups is 2. The Morgan fingerprint density at radius 1 is 1.55 bits per heavy atom. The van der Waals surface area contributed by atoms with Crippen LogP contribution in [0, 0.1) is 0 Å². The van der Waals surface area contributed by atoms with Crippen LogP contribution in [0.5, 0.6) is 0 Å². The maximum absolute atomic E-state index is 10.6. The number of nitrogens with two attached hydrogens (primary N) is 1. The first-order chi connectivity index (χ1) is 5.20. The van der Waals surface area contributed by atoms with Gasteiger partial charge < -0.3 is 11.1 Å². The molecule has 0 fully saturated rings. The lowest BCUT2D eigenvalue weighted by Crippen LogP contribution is -2.29. The molecule has 0 saturated heterocycles. The zero-order chi connectivity index (χ0) is 8.27. The number of nitrogens with one attached hydrogen (secondary N) is 1. The van der Waals surface area contributed by atoms with Gasteiger partial charge in [0.05, 0.1) is 5.00 Å². The Morgan fingerprint density at radius 3 is 2.73 bits per heavy atom. The minimum atomic E-state index is -0.974. The lowest BCUT2D eigenvalue weighted by atomic mass is 10.5. The summed E-state index contributed by atoms with van der Waals surface area (Å²) in [6.45, 7) is 0. The second-order valence-electron chi connectivity index (χ2n) is 1.80. The molecular formula is C6H6N2O2S. The van der Waals surface area contributed by atoms with E-state index in [-0.39, 0.29) is 0 Å². The second kappa shape index (κ2) is 3.16. The van der Waals surface area contributed by atoms with Gasteiger partial charge in [0.25, 0.3) is 0 Å². The molecule has 1 aromatic heterocycles. The van der Waals surface area contributed by atoms with E-state index in [1.54, 1.807) is 17.5 Å². The van der Waals surface area contributed by atoms with Crippen LogP contribution in [0.3, 0.4) is 0 Å². The Labute approximate surface area is 67.0 Å². The molecule has 0 radical (unpaired) electrons. The van der Waals surface area contributed by atoms with E-state index in [1.807, 2.05) is 0 Å². The van der Waals surface area contributed by atoms with E-state index >= 15 is 0 Å². The molecule has 0 spiro atoms. The highest BCUT2D eigenvalue weighted by atomic mass is 32.1. The molecule has 4 nitrogen and oxygen atoms in total. The number of anilines is 1. The van der Waals surface area contributed by atoms with Gasteiger partial charge in [0.1, 0.15) is 0 Å². The molecule has 3 N–H and O–H groups in total. The average molecular weight is 170 g/mol. The Balaban J connectivity index is 2.57. The number of carbonyl (C=O) groups excluding carboxylic acids is 2. The van der Waals surface area contributed by atoms with Gasteiger partial charge in [0.15, 0.2) is 0 Å². The van der Waals surface area contributed by atoms with Gasteiger partial charge >= 0.3 is 11.8 Å². The van der Waals surface area contributed by atoms with E-state index in [1.165, 1.54) is 11.3 Å². The number of thiophene rings is 1. The average Bonchev–Trinajstić information content (AvgIpc) is 2.39. The van der Waals surface area contributed by atoms with E-state index in [0.717, 1.165) is 0 Å². The van der Waals surface area contributed by atoms with E-state index in [4.69, 9.17) is 5.73 Å². The van der Waals surface area contributed by atoms with Crippen molar-refractivity contribution in [2.45, 2.75) is 0 Å². The summed E-state index contributed by atoms with van der Waals surface area (Å²) in [6.07, 6.45) is 0.